The molecule has 2 rings (SSSR count). The number of carbonyl (C=O) groups is 2. The first-order valence-electron chi connectivity index (χ1n) is 9.33. The summed E-state index contributed by atoms with van der Waals surface area (Å²) in [6.07, 6.45) is 1.06. The molecule has 1 unspecified atom stereocenters. The number of likely N-dealkylation sites (N-methyl/N-ethyl adjacent to an activating group) is 1. The minimum Gasteiger partial charge on any atom is -0.357 e. The molecule has 2 amide bonds. The van der Waals surface area contributed by atoms with Gasteiger partial charge in [-0.15, -0.1) is 0 Å². The first-order valence-corrected chi connectivity index (χ1v) is 12.3. The van der Waals surface area contributed by atoms with Crippen molar-refractivity contribution in [3.05, 3.63) is 63.2 Å². The average molecular weight is 543 g/mol. The smallest absolute Gasteiger partial charge is 0.244 e. The van der Waals surface area contributed by atoms with Crippen LogP contribution in [0.5, 0.6) is 0 Å². The van der Waals surface area contributed by atoms with Gasteiger partial charge in [-0.1, -0.05) is 29.8 Å². The largest absolute Gasteiger partial charge is 0.357 e. The van der Waals surface area contributed by atoms with Crippen molar-refractivity contribution in [3.8, 4) is 0 Å². The standard InChI is InChI=1S/C21H26IN3O4S/c1-15-6-5-7-17(12-15)13-24(16(2)21(27)23-3)20(26)14-25(30(4,28)29)19-10-8-18(22)9-11-19/h5-12,16H,13-14H2,1-4H3,(H,23,27). The summed E-state index contributed by atoms with van der Waals surface area (Å²) in [4.78, 5) is 26.9. The second-order valence-electron chi connectivity index (χ2n) is 7.05. The van der Waals surface area contributed by atoms with Crippen molar-refractivity contribution in [2.45, 2.75) is 26.4 Å². The Morgan fingerprint density at radius 3 is 2.30 bits per heavy atom. The van der Waals surface area contributed by atoms with E-state index in [4.69, 9.17) is 0 Å². The third-order valence-corrected chi connectivity index (χ3v) is 6.50. The first-order chi connectivity index (χ1) is 14.0. The molecule has 9 heteroatoms. The Kier molecular flexibility index (Phi) is 8.25. The molecule has 0 bridgehead atoms. The van der Waals surface area contributed by atoms with Crippen molar-refractivity contribution in [2.75, 3.05) is 24.2 Å². The second-order valence-corrected chi connectivity index (χ2v) is 10.2. The average Bonchev–Trinajstić information content (AvgIpc) is 2.69. The predicted octanol–water partition coefficient (Wildman–Crippen LogP) is 2.53. The number of nitrogens with one attached hydrogen (secondary N) is 1. The number of rotatable bonds is 8. The summed E-state index contributed by atoms with van der Waals surface area (Å²) in [5.41, 5.74) is 2.29. The number of amides is 2. The first kappa shape index (κ1) is 24.1. The molecule has 0 radical (unpaired) electrons. The summed E-state index contributed by atoms with van der Waals surface area (Å²) >= 11 is 2.12. The number of aryl methyl sites for hydroxylation is 1. The lowest BCUT2D eigenvalue weighted by molar-refractivity contribution is -0.139. The van der Waals surface area contributed by atoms with E-state index in [1.54, 1.807) is 31.2 Å². The minimum absolute atomic E-state index is 0.194. The quantitative estimate of drug-likeness (QED) is 0.519. The third-order valence-electron chi connectivity index (χ3n) is 4.64. The van der Waals surface area contributed by atoms with Gasteiger partial charge in [-0.3, -0.25) is 13.9 Å². The van der Waals surface area contributed by atoms with Gasteiger partial charge in [-0.25, -0.2) is 8.42 Å². The lowest BCUT2D eigenvalue weighted by atomic mass is 10.1. The maximum Gasteiger partial charge on any atom is 0.244 e. The molecule has 30 heavy (non-hydrogen) atoms. The highest BCUT2D eigenvalue weighted by Gasteiger charge is 2.29. The highest BCUT2D eigenvalue weighted by atomic mass is 127. The van der Waals surface area contributed by atoms with E-state index in [0.29, 0.717) is 5.69 Å². The molecule has 0 aliphatic carbocycles. The van der Waals surface area contributed by atoms with Crippen molar-refractivity contribution < 1.29 is 18.0 Å². The summed E-state index contributed by atoms with van der Waals surface area (Å²) in [6.45, 7) is 3.37. The van der Waals surface area contributed by atoms with Gasteiger partial charge in [0, 0.05) is 17.2 Å². The van der Waals surface area contributed by atoms with E-state index < -0.39 is 28.5 Å². The molecule has 0 heterocycles. The number of nitrogens with zero attached hydrogens (tertiary/aromatic N) is 2. The Balaban J connectivity index is 2.36. The van der Waals surface area contributed by atoms with Gasteiger partial charge in [0.2, 0.25) is 21.8 Å². The molecular weight excluding hydrogens is 517 g/mol. The molecule has 2 aromatic rings. The van der Waals surface area contributed by atoms with Gasteiger partial charge in [-0.05, 0) is 66.3 Å². The van der Waals surface area contributed by atoms with Gasteiger partial charge in [0.25, 0.3) is 0 Å². The predicted molar refractivity (Wildman–Crippen MR) is 127 cm³/mol. The fourth-order valence-electron chi connectivity index (χ4n) is 3.02. The normalized spacial score (nSPS) is 12.2. The molecular formula is C21H26IN3O4S. The number of benzene rings is 2. The molecule has 1 N–H and O–H groups in total. The van der Waals surface area contributed by atoms with E-state index in [1.165, 1.54) is 11.9 Å². The second kappa shape index (κ2) is 10.3. The molecule has 7 nitrogen and oxygen atoms in total. The monoisotopic (exact) mass is 543 g/mol. The highest BCUT2D eigenvalue weighted by Crippen LogP contribution is 2.20. The van der Waals surface area contributed by atoms with Crippen LogP contribution < -0.4 is 9.62 Å². The summed E-state index contributed by atoms with van der Waals surface area (Å²) < 4.78 is 26.8. The van der Waals surface area contributed by atoms with Crippen LogP contribution in [0.15, 0.2) is 48.5 Å². The lowest BCUT2D eigenvalue weighted by Crippen LogP contribution is -2.50. The van der Waals surface area contributed by atoms with Gasteiger partial charge in [0.15, 0.2) is 0 Å². The van der Waals surface area contributed by atoms with E-state index in [0.717, 1.165) is 25.3 Å². The maximum atomic E-state index is 13.2. The van der Waals surface area contributed by atoms with Crippen LogP contribution in [0.4, 0.5) is 5.69 Å². The molecule has 162 valence electrons. The fourth-order valence-corrected chi connectivity index (χ4v) is 4.23. The number of carbonyl (C=O) groups excluding carboxylic acids is 2. The van der Waals surface area contributed by atoms with Crippen LogP contribution in [0.25, 0.3) is 0 Å². The molecule has 0 aromatic heterocycles. The number of sulfonamides is 1. The molecule has 1 atom stereocenters. The zero-order valence-corrected chi connectivity index (χ0v) is 20.4. The van der Waals surface area contributed by atoms with Crippen molar-refractivity contribution >= 4 is 50.1 Å². The van der Waals surface area contributed by atoms with Gasteiger partial charge in [0.1, 0.15) is 12.6 Å². The number of hydrogen-bond donors (Lipinski definition) is 1. The van der Waals surface area contributed by atoms with Crippen LogP contribution in [-0.2, 0) is 26.2 Å². The molecule has 0 saturated carbocycles. The van der Waals surface area contributed by atoms with Crippen molar-refractivity contribution in [3.63, 3.8) is 0 Å². The van der Waals surface area contributed by atoms with Crippen LogP contribution in [0.3, 0.4) is 0 Å². The van der Waals surface area contributed by atoms with Gasteiger partial charge in [-0.2, -0.15) is 0 Å². The van der Waals surface area contributed by atoms with Crippen molar-refractivity contribution in [1.29, 1.82) is 0 Å². The lowest BCUT2D eigenvalue weighted by Gasteiger charge is -2.31. The highest BCUT2D eigenvalue weighted by molar-refractivity contribution is 14.1. The van der Waals surface area contributed by atoms with Crippen molar-refractivity contribution in [2.24, 2.45) is 0 Å². The minimum atomic E-state index is -3.71. The zero-order chi connectivity index (χ0) is 22.5. The molecule has 0 aliphatic heterocycles. The Labute approximate surface area is 191 Å². The third kappa shape index (κ3) is 6.43. The Morgan fingerprint density at radius 1 is 1.13 bits per heavy atom. The summed E-state index contributed by atoms with van der Waals surface area (Å²) in [5, 5.41) is 2.55. The number of halogens is 1. The van der Waals surface area contributed by atoms with Crippen LogP contribution >= 0.6 is 22.6 Å². The molecule has 0 aliphatic rings. The van der Waals surface area contributed by atoms with Gasteiger partial charge in [0.05, 0.1) is 11.9 Å². The summed E-state index contributed by atoms with van der Waals surface area (Å²) in [6, 6.07) is 13.7. The Hall–Kier alpha value is -2.14. The van der Waals surface area contributed by atoms with Gasteiger partial charge >= 0.3 is 0 Å². The SMILES string of the molecule is CNC(=O)C(C)N(Cc1cccc(C)c1)C(=O)CN(c1ccc(I)cc1)S(C)(=O)=O. The van der Waals surface area contributed by atoms with E-state index in [1.807, 2.05) is 31.2 Å². The maximum absolute atomic E-state index is 13.2. The summed E-state index contributed by atoms with van der Waals surface area (Å²) in [5.74, 6) is -0.784. The fraction of sp³-hybridized carbons (Fsp3) is 0.333. The number of hydrogen-bond acceptors (Lipinski definition) is 4. The van der Waals surface area contributed by atoms with E-state index in [2.05, 4.69) is 27.9 Å². The van der Waals surface area contributed by atoms with Crippen molar-refractivity contribution in [1.82, 2.24) is 10.2 Å². The Morgan fingerprint density at radius 2 is 1.77 bits per heavy atom. The van der Waals surface area contributed by atoms with Gasteiger partial charge < -0.3 is 10.2 Å². The molecule has 2 aromatic carbocycles. The molecule has 0 saturated heterocycles. The van der Waals surface area contributed by atoms with Crippen LogP contribution in [-0.4, -0.2) is 51.0 Å². The van der Waals surface area contributed by atoms with E-state index in [-0.39, 0.29) is 12.5 Å². The van der Waals surface area contributed by atoms with Crippen LogP contribution in [0, 0.1) is 10.5 Å². The molecule has 0 spiro atoms. The van der Waals surface area contributed by atoms with E-state index in [9.17, 15) is 18.0 Å². The number of anilines is 1. The van der Waals surface area contributed by atoms with Crippen LogP contribution in [0.1, 0.15) is 18.1 Å². The van der Waals surface area contributed by atoms with Crippen LogP contribution in [0.2, 0.25) is 0 Å². The van der Waals surface area contributed by atoms with E-state index >= 15 is 0 Å². The topological polar surface area (TPSA) is 86.8 Å². The summed E-state index contributed by atoms with van der Waals surface area (Å²) in [7, 11) is -2.21. The zero-order valence-electron chi connectivity index (χ0n) is 17.4. The molecule has 0 fully saturated rings. The Bertz CT molecular complexity index is 1010.